The second-order valence-electron chi connectivity index (χ2n) is 4.01. The van der Waals surface area contributed by atoms with Crippen LogP contribution in [0.1, 0.15) is 29.8 Å². The van der Waals surface area contributed by atoms with Crippen molar-refractivity contribution in [2.24, 2.45) is 0 Å². The molecule has 0 aliphatic rings. The number of thiophene rings is 1. The van der Waals surface area contributed by atoms with Gasteiger partial charge in [0.15, 0.2) is 0 Å². The Balaban J connectivity index is 1.80. The van der Waals surface area contributed by atoms with E-state index < -0.39 is 0 Å². The standard InChI is InChI=1S/C12H17N3S/c1-9(12-7-14-15-10(12)2)13-5-3-11-4-6-16-8-11/h4,6-9,13H,3,5H2,1-2H3,(H,14,15). The molecule has 0 radical (unpaired) electrons. The Morgan fingerprint density at radius 1 is 1.56 bits per heavy atom. The lowest BCUT2D eigenvalue weighted by Crippen LogP contribution is -2.21. The molecule has 2 heterocycles. The van der Waals surface area contributed by atoms with Gasteiger partial charge in [0, 0.05) is 17.3 Å². The van der Waals surface area contributed by atoms with Crippen molar-refractivity contribution in [1.82, 2.24) is 15.5 Å². The molecular weight excluding hydrogens is 218 g/mol. The molecule has 2 N–H and O–H groups in total. The summed E-state index contributed by atoms with van der Waals surface area (Å²) in [6.07, 6.45) is 2.99. The highest BCUT2D eigenvalue weighted by molar-refractivity contribution is 7.07. The quantitative estimate of drug-likeness (QED) is 0.836. The van der Waals surface area contributed by atoms with Gasteiger partial charge >= 0.3 is 0 Å². The Kier molecular flexibility index (Phi) is 3.74. The molecule has 2 rings (SSSR count). The number of rotatable bonds is 5. The molecule has 0 saturated carbocycles. The summed E-state index contributed by atoms with van der Waals surface area (Å²) in [5.41, 5.74) is 3.81. The van der Waals surface area contributed by atoms with Crippen LogP contribution in [0.5, 0.6) is 0 Å². The lowest BCUT2D eigenvalue weighted by molar-refractivity contribution is 0.575. The van der Waals surface area contributed by atoms with Gasteiger partial charge in [0.25, 0.3) is 0 Å². The van der Waals surface area contributed by atoms with E-state index in [1.807, 2.05) is 6.20 Å². The maximum Gasteiger partial charge on any atom is 0.0537 e. The summed E-state index contributed by atoms with van der Waals surface area (Å²) >= 11 is 1.76. The van der Waals surface area contributed by atoms with Crippen LogP contribution in [-0.4, -0.2) is 16.7 Å². The minimum atomic E-state index is 0.359. The van der Waals surface area contributed by atoms with Crippen molar-refractivity contribution in [2.75, 3.05) is 6.54 Å². The number of hydrogen-bond donors (Lipinski definition) is 2. The first-order valence-electron chi connectivity index (χ1n) is 5.51. The van der Waals surface area contributed by atoms with Crippen LogP contribution in [0.2, 0.25) is 0 Å². The molecule has 1 unspecified atom stereocenters. The number of hydrogen-bond acceptors (Lipinski definition) is 3. The van der Waals surface area contributed by atoms with Crippen LogP contribution in [0, 0.1) is 6.92 Å². The van der Waals surface area contributed by atoms with Crippen molar-refractivity contribution in [3.63, 3.8) is 0 Å². The molecular formula is C12H17N3S. The van der Waals surface area contributed by atoms with Crippen LogP contribution in [0.3, 0.4) is 0 Å². The molecule has 0 bridgehead atoms. The van der Waals surface area contributed by atoms with Crippen LogP contribution in [0.15, 0.2) is 23.0 Å². The highest BCUT2D eigenvalue weighted by atomic mass is 32.1. The van der Waals surface area contributed by atoms with E-state index in [9.17, 15) is 0 Å². The largest absolute Gasteiger partial charge is 0.310 e. The lowest BCUT2D eigenvalue weighted by atomic mass is 10.1. The number of aromatic amines is 1. The van der Waals surface area contributed by atoms with E-state index in [2.05, 4.69) is 46.2 Å². The summed E-state index contributed by atoms with van der Waals surface area (Å²) in [6.45, 7) is 5.23. The van der Waals surface area contributed by atoms with E-state index in [1.54, 1.807) is 11.3 Å². The van der Waals surface area contributed by atoms with Gasteiger partial charge in [-0.05, 0) is 49.2 Å². The number of H-pyrrole nitrogens is 1. The Labute approximate surface area is 99.9 Å². The second-order valence-corrected chi connectivity index (χ2v) is 4.79. The summed E-state index contributed by atoms with van der Waals surface area (Å²) in [4.78, 5) is 0. The van der Waals surface area contributed by atoms with Gasteiger partial charge in [-0.25, -0.2) is 0 Å². The molecule has 0 saturated heterocycles. The van der Waals surface area contributed by atoms with E-state index >= 15 is 0 Å². The fourth-order valence-corrected chi connectivity index (χ4v) is 2.48. The maximum atomic E-state index is 4.04. The molecule has 0 spiro atoms. The molecule has 0 fully saturated rings. The van der Waals surface area contributed by atoms with Crippen molar-refractivity contribution < 1.29 is 0 Å². The first-order chi connectivity index (χ1) is 7.77. The number of aromatic nitrogens is 2. The van der Waals surface area contributed by atoms with Crippen molar-refractivity contribution in [3.8, 4) is 0 Å². The lowest BCUT2D eigenvalue weighted by Gasteiger charge is -2.12. The second kappa shape index (κ2) is 5.27. The highest BCUT2D eigenvalue weighted by Gasteiger charge is 2.08. The van der Waals surface area contributed by atoms with Gasteiger partial charge in [-0.15, -0.1) is 0 Å². The van der Waals surface area contributed by atoms with Gasteiger partial charge in [0.2, 0.25) is 0 Å². The molecule has 0 aliphatic carbocycles. The molecule has 4 heteroatoms. The molecule has 0 aromatic carbocycles. The van der Waals surface area contributed by atoms with Gasteiger partial charge in [0.05, 0.1) is 6.20 Å². The van der Waals surface area contributed by atoms with Crippen LogP contribution in [0.25, 0.3) is 0 Å². The Morgan fingerprint density at radius 3 is 3.06 bits per heavy atom. The third-order valence-electron chi connectivity index (χ3n) is 2.78. The van der Waals surface area contributed by atoms with Crippen LogP contribution in [-0.2, 0) is 6.42 Å². The molecule has 3 nitrogen and oxygen atoms in total. The molecule has 16 heavy (non-hydrogen) atoms. The Hall–Kier alpha value is -1.13. The molecule has 2 aromatic rings. The van der Waals surface area contributed by atoms with Crippen LogP contribution in [0.4, 0.5) is 0 Å². The zero-order valence-corrected chi connectivity index (χ0v) is 10.5. The summed E-state index contributed by atoms with van der Waals surface area (Å²) in [5, 5.41) is 14.8. The SMILES string of the molecule is Cc1[nH]ncc1C(C)NCCc1ccsc1. The Bertz CT molecular complexity index is 419. The minimum Gasteiger partial charge on any atom is -0.310 e. The van der Waals surface area contributed by atoms with Crippen molar-refractivity contribution >= 4 is 11.3 Å². The highest BCUT2D eigenvalue weighted by Crippen LogP contribution is 2.14. The minimum absolute atomic E-state index is 0.359. The van der Waals surface area contributed by atoms with Gasteiger partial charge in [-0.1, -0.05) is 0 Å². The van der Waals surface area contributed by atoms with Crippen LogP contribution >= 0.6 is 11.3 Å². The van der Waals surface area contributed by atoms with Crippen LogP contribution < -0.4 is 5.32 Å². The van der Waals surface area contributed by atoms with Crippen molar-refractivity contribution in [2.45, 2.75) is 26.3 Å². The average Bonchev–Trinajstić information content (AvgIpc) is 2.88. The molecule has 2 aromatic heterocycles. The van der Waals surface area contributed by atoms with Crippen molar-refractivity contribution in [3.05, 3.63) is 39.8 Å². The average molecular weight is 235 g/mol. The zero-order chi connectivity index (χ0) is 11.4. The number of nitrogens with one attached hydrogen (secondary N) is 2. The summed E-state index contributed by atoms with van der Waals surface area (Å²) in [7, 11) is 0. The first-order valence-corrected chi connectivity index (χ1v) is 6.46. The van der Waals surface area contributed by atoms with E-state index in [0.717, 1.165) is 18.7 Å². The number of aryl methyl sites for hydroxylation is 1. The maximum absolute atomic E-state index is 4.04. The summed E-state index contributed by atoms with van der Waals surface area (Å²) in [5.74, 6) is 0. The fraction of sp³-hybridized carbons (Fsp3) is 0.417. The Morgan fingerprint density at radius 2 is 2.44 bits per heavy atom. The predicted molar refractivity (Wildman–Crippen MR) is 67.8 cm³/mol. The summed E-state index contributed by atoms with van der Waals surface area (Å²) < 4.78 is 0. The first kappa shape index (κ1) is 11.4. The van der Waals surface area contributed by atoms with Crippen molar-refractivity contribution in [1.29, 1.82) is 0 Å². The van der Waals surface area contributed by atoms with Gasteiger partial charge in [-0.2, -0.15) is 16.4 Å². The number of nitrogens with zero attached hydrogens (tertiary/aromatic N) is 1. The third kappa shape index (κ3) is 2.71. The van der Waals surface area contributed by atoms with Gasteiger partial charge in [0.1, 0.15) is 0 Å². The van der Waals surface area contributed by atoms with E-state index in [4.69, 9.17) is 0 Å². The topological polar surface area (TPSA) is 40.7 Å². The monoisotopic (exact) mass is 235 g/mol. The third-order valence-corrected chi connectivity index (χ3v) is 3.51. The van der Waals surface area contributed by atoms with Gasteiger partial charge < -0.3 is 5.32 Å². The zero-order valence-electron chi connectivity index (χ0n) is 9.66. The molecule has 86 valence electrons. The summed E-state index contributed by atoms with van der Waals surface area (Å²) in [6, 6.07) is 2.54. The van der Waals surface area contributed by atoms with E-state index in [-0.39, 0.29) is 0 Å². The van der Waals surface area contributed by atoms with Gasteiger partial charge in [-0.3, -0.25) is 5.10 Å². The molecule has 0 amide bonds. The normalized spacial score (nSPS) is 12.9. The smallest absolute Gasteiger partial charge is 0.0537 e. The molecule has 0 aliphatic heterocycles. The molecule has 1 atom stereocenters. The fourth-order valence-electron chi connectivity index (χ4n) is 1.77. The van der Waals surface area contributed by atoms with E-state index in [1.165, 1.54) is 11.1 Å². The predicted octanol–water partition coefficient (Wildman–Crippen LogP) is 2.67. The van der Waals surface area contributed by atoms with E-state index in [0.29, 0.717) is 6.04 Å².